The van der Waals surface area contributed by atoms with Crippen molar-refractivity contribution in [3.63, 3.8) is 0 Å². The van der Waals surface area contributed by atoms with Gasteiger partial charge in [0.15, 0.2) is 0 Å². The molecule has 0 saturated heterocycles. The second kappa shape index (κ2) is 7.19. The Morgan fingerprint density at radius 1 is 1.11 bits per heavy atom. The summed E-state index contributed by atoms with van der Waals surface area (Å²) >= 11 is 0. The van der Waals surface area contributed by atoms with Crippen LogP contribution in [0.3, 0.4) is 0 Å². The minimum Gasteiger partial charge on any atom is -0.327 e. The largest absolute Gasteiger partial charge is 0.327 e. The highest BCUT2D eigenvalue weighted by atomic mass is 16.2. The van der Waals surface area contributed by atoms with Crippen LogP contribution in [0.2, 0.25) is 0 Å². The van der Waals surface area contributed by atoms with E-state index < -0.39 is 0 Å². The smallest absolute Gasteiger partial charge is 0.271 e. The number of aryl methyl sites for hydroxylation is 1. The van der Waals surface area contributed by atoms with Gasteiger partial charge in [-0.2, -0.15) is 0 Å². The van der Waals surface area contributed by atoms with Crippen LogP contribution < -0.4 is 10.9 Å². The van der Waals surface area contributed by atoms with Gasteiger partial charge in [-0.3, -0.25) is 14.6 Å². The standard InChI is InChI=1S/C22H23N3O2/c1-14-9-10-23-13-18(14)16-11-19(21(27)24-12-16)25-20(26)15-5-7-17(8-6-15)22(2,3)4/h5-13H,1-4H3,(H,24,27)(H,25,26). The fourth-order valence-electron chi connectivity index (χ4n) is 2.81. The van der Waals surface area contributed by atoms with E-state index in [1.165, 1.54) is 0 Å². The Bertz CT molecular complexity index is 1030. The van der Waals surface area contributed by atoms with Gasteiger partial charge in [-0.25, -0.2) is 0 Å². The van der Waals surface area contributed by atoms with Crippen LogP contribution in [-0.2, 0) is 5.41 Å². The van der Waals surface area contributed by atoms with E-state index >= 15 is 0 Å². The number of amides is 1. The van der Waals surface area contributed by atoms with Crippen LogP contribution in [0.1, 0.15) is 42.3 Å². The second-order valence-corrected chi connectivity index (χ2v) is 7.60. The number of hydrogen-bond acceptors (Lipinski definition) is 3. The number of nitrogens with zero attached hydrogens (tertiary/aromatic N) is 1. The van der Waals surface area contributed by atoms with Gasteiger partial charge in [0.2, 0.25) is 0 Å². The van der Waals surface area contributed by atoms with Crippen LogP contribution in [0.5, 0.6) is 0 Å². The summed E-state index contributed by atoms with van der Waals surface area (Å²) in [5, 5.41) is 2.71. The number of aromatic nitrogens is 2. The van der Waals surface area contributed by atoms with Crippen LogP contribution in [0.15, 0.2) is 59.8 Å². The average Bonchev–Trinajstić information content (AvgIpc) is 2.63. The second-order valence-electron chi connectivity index (χ2n) is 7.60. The highest BCUT2D eigenvalue weighted by Gasteiger charge is 2.15. The van der Waals surface area contributed by atoms with Gasteiger partial charge < -0.3 is 10.3 Å². The molecule has 5 heteroatoms. The number of pyridine rings is 2. The molecular weight excluding hydrogens is 338 g/mol. The molecule has 2 heterocycles. The molecule has 3 aromatic rings. The van der Waals surface area contributed by atoms with E-state index in [2.05, 4.69) is 36.1 Å². The van der Waals surface area contributed by atoms with Crippen molar-refractivity contribution in [3.8, 4) is 11.1 Å². The highest BCUT2D eigenvalue weighted by molar-refractivity contribution is 6.04. The van der Waals surface area contributed by atoms with E-state index in [1.54, 1.807) is 36.8 Å². The molecule has 3 rings (SSSR count). The number of anilines is 1. The van der Waals surface area contributed by atoms with E-state index in [9.17, 15) is 9.59 Å². The van der Waals surface area contributed by atoms with Crippen molar-refractivity contribution in [1.29, 1.82) is 0 Å². The van der Waals surface area contributed by atoms with Gasteiger partial charge >= 0.3 is 0 Å². The molecule has 1 aromatic carbocycles. The molecule has 0 radical (unpaired) electrons. The van der Waals surface area contributed by atoms with Crippen molar-refractivity contribution >= 4 is 11.6 Å². The molecule has 138 valence electrons. The first-order chi connectivity index (χ1) is 12.8. The summed E-state index contributed by atoms with van der Waals surface area (Å²) in [6.07, 6.45) is 5.08. The van der Waals surface area contributed by atoms with E-state index in [0.29, 0.717) is 5.56 Å². The zero-order valence-corrected chi connectivity index (χ0v) is 16.0. The third-order valence-electron chi connectivity index (χ3n) is 4.51. The van der Waals surface area contributed by atoms with Gasteiger partial charge in [-0.15, -0.1) is 0 Å². The Morgan fingerprint density at radius 2 is 1.81 bits per heavy atom. The predicted molar refractivity (Wildman–Crippen MR) is 108 cm³/mol. The Morgan fingerprint density at radius 3 is 2.44 bits per heavy atom. The fourth-order valence-corrected chi connectivity index (χ4v) is 2.81. The van der Waals surface area contributed by atoms with Crippen molar-refractivity contribution in [2.24, 2.45) is 0 Å². The van der Waals surface area contributed by atoms with Crippen LogP contribution in [-0.4, -0.2) is 15.9 Å². The van der Waals surface area contributed by atoms with Gasteiger partial charge in [0, 0.05) is 35.3 Å². The third-order valence-corrected chi connectivity index (χ3v) is 4.51. The molecule has 27 heavy (non-hydrogen) atoms. The Balaban J connectivity index is 1.87. The van der Waals surface area contributed by atoms with Crippen molar-refractivity contribution in [1.82, 2.24) is 9.97 Å². The zero-order valence-electron chi connectivity index (χ0n) is 16.0. The number of H-pyrrole nitrogens is 1. The van der Waals surface area contributed by atoms with E-state index in [1.807, 2.05) is 25.1 Å². The van der Waals surface area contributed by atoms with Gasteiger partial charge in [-0.1, -0.05) is 32.9 Å². The molecule has 0 bridgehead atoms. The first-order valence-corrected chi connectivity index (χ1v) is 8.81. The third kappa shape index (κ3) is 4.14. The quantitative estimate of drug-likeness (QED) is 0.730. The van der Waals surface area contributed by atoms with Gasteiger partial charge in [0.1, 0.15) is 5.69 Å². The minimum atomic E-state index is -0.347. The summed E-state index contributed by atoms with van der Waals surface area (Å²) in [6, 6.07) is 11.0. The minimum absolute atomic E-state index is 0.0159. The van der Waals surface area contributed by atoms with Crippen molar-refractivity contribution in [2.75, 3.05) is 5.32 Å². The molecule has 0 aliphatic heterocycles. The topological polar surface area (TPSA) is 74.8 Å². The van der Waals surface area contributed by atoms with Crippen molar-refractivity contribution in [3.05, 3.63) is 82.0 Å². The van der Waals surface area contributed by atoms with Crippen molar-refractivity contribution < 1.29 is 4.79 Å². The number of aromatic amines is 1. The molecule has 0 atom stereocenters. The van der Waals surface area contributed by atoms with E-state index in [0.717, 1.165) is 22.3 Å². The molecule has 2 aromatic heterocycles. The fraction of sp³-hybridized carbons (Fsp3) is 0.227. The predicted octanol–water partition coefficient (Wildman–Crippen LogP) is 4.30. The first-order valence-electron chi connectivity index (χ1n) is 8.81. The SMILES string of the molecule is Cc1ccncc1-c1c[nH]c(=O)c(NC(=O)c2ccc(C(C)(C)C)cc2)c1. The molecule has 5 nitrogen and oxygen atoms in total. The highest BCUT2D eigenvalue weighted by Crippen LogP contribution is 2.24. The molecule has 0 spiro atoms. The normalized spacial score (nSPS) is 11.3. The van der Waals surface area contributed by atoms with Gasteiger partial charge in [0.25, 0.3) is 11.5 Å². The van der Waals surface area contributed by atoms with Crippen molar-refractivity contribution in [2.45, 2.75) is 33.1 Å². The number of nitrogens with one attached hydrogen (secondary N) is 2. The van der Waals surface area contributed by atoms with E-state index in [-0.39, 0.29) is 22.6 Å². The lowest BCUT2D eigenvalue weighted by Crippen LogP contribution is -2.20. The molecule has 1 amide bonds. The Kier molecular flexibility index (Phi) is 4.95. The maximum atomic E-state index is 12.6. The van der Waals surface area contributed by atoms with Gasteiger partial charge in [-0.05, 0) is 47.7 Å². The summed E-state index contributed by atoms with van der Waals surface area (Å²) in [6.45, 7) is 8.33. The Hall–Kier alpha value is -3.21. The molecular formula is C22H23N3O2. The monoisotopic (exact) mass is 361 g/mol. The molecule has 0 fully saturated rings. The summed E-state index contributed by atoms with van der Waals surface area (Å²) in [7, 11) is 0. The van der Waals surface area contributed by atoms with Crippen LogP contribution in [0, 0.1) is 6.92 Å². The summed E-state index contributed by atoms with van der Waals surface area (Å²) in [5.41, 5.74) is 4.25. The Labute approximate surface area is 158 Å². The van der Waals surface area contributed by atoms with Crippen LogP contribution >= 0.6 is 0 Å². The lowest BCUT2D eigenvalue weighted by Gasteiger charge is -2.19. The van der Waals surface area contributed by atoms with Crippen LogP contribution in [0.25, 0.3) is 11.1 Å². The lowest BCUT2D eigenvalue weighted by atomic mass is 9.87. The maximum absolute atomic E-state index is 12.6. The summed E-state index contributed by atoms with van der Waals surface area (Å²) < 4.78 is 0. The zero-order chi connectivity index (χ0) is 19.6. The lowest BCUT2D eigenvalue weighted by molar-refractivity contribution is 0.102. The number of rotatable bonds is 3. The van der Waals surface area contributed by atoms with E-state index in [4.69, 9.17) is 0 Å². The molecule has 0 aliphatic rings. The molecule has 0 unspecified atom stereocenters. The maximum Gasteiger partial charge on any atom is 0.271 e. The van der Waals surface area contributed by atoms with Gasteiger partial charge in [0.05, 0.1) is 0 Å². The summed E-state index contributed by atoms with van der Waals surface area (Å²) in [5.74, 6) is -0.319. The molecule has 2 N–H and O–H groups in total. The summed E-state index contributed by atoms with van der Waals surface area (Å²) in [4.78, 5) is 31.5. The number of hydrogen-bond donors (Lipinski definition) is 2. The number of carbonyl (C=O) groups is 1. The number of benzene rings is 1. The van der Waals surface area contributed by atoms with Crippen LogP contribution in [0.4, 0.5) is 5.69 Å². The average molecular weight is 361 g/mol. The molecule has 0 aliphatic carbocycles. The first kappa shape index (κ1) is 18.6. The number of carbonyl (C=O) groups excluding carboxylic acids is 1. The molecule has 0 saturated carbocycles.